The zero-order valence-corrected chi connectivity index (χ0v) is 8.04. The Morgan fingerprint density at radius 1 is 1.36 bits per heavy atom. The molecule has 0 aliphatic carbocycles. The number of pyridine rings is 1. The fraction of sp³-hybridized carbons (Fsp3) is 0.182. The van der Waals surface area contributed by atoms with Gasteiger partial charge in [0.15, 0.2) is 5.43 Å². The van der Waals surface area contributed by atoms with Crippen molar-refractivity contribution >= 4 is 10.9 Å². The number of aromatic nitrogens is 1. The van der Waals surface area contributed by atoms with E-state index >= 15 is 0 Å². The second kappa shape index (κ2) is 2.94. The van der Waals surface area contributed by atoms with Gasteiger partial charge in [-0.1, -0.05) is 0 Å². The Kier molecular flexibility index (Phi) is 1.88. The van der Waals surface area contributed by atoms with E-state index in [1.165, 1.54) is 12.1 Å². The Labute approximate surface area is 80.6 Å². The molecule has 0 amide bonds. The van der Waals surface area contributed by atoms with Crippen LogP contribution in [0.1, 0.15) is 5.56 Å². The number of hydrogen-bond acceptors (Lipinski definition) is 1. The summed E-state index contributed by atoms with van der Waals surface area (Å²) in [6.45, 7) is 1.77. The summed E-state index contributed by atoms with van der Waals surface area (Å²) < 4.78 is 15.1. The van der Waals surface area contributed by atoms with E-state index in [2.05, 4.69) is 0 Å². The van der Waals surface area contributed by atoms with Crippen LogP contribution in [0.3, 0.4) is 0 Å². The van der Waals surface area contributed by atoms with E-state index in [4.69, 9.17) is 0 Å². The van der Waals surface area contributed by atoms with Gasteiger partial charge in [0, 0.05) is 24.7 Å². The molecular weight excluding hydrogens is 181 g/mol. The summed E-state index contributed by atoms with van der Waals surface area (Å²) in [5.41, 5.74) is 0.988. The van der Waals surface area contributed by atoms with Gasteiger partial charge in [0.05, 0.1) is 5.52 Å². The first-order valence-corrected chi connectivity index (χ1v) is 4.35. The quantitative estimate of drug-likeness (QED) is 0.624. The van der Waals surface area contributed by atoms with Crippen molar-refractivity contribution in [3.05, 3.63) is 46.0 Å². The van der Waals surface area contributed by atoms with E-state index < -0.39 is 0 Å². The molecule has 0 radical (unpaired) electrons. The summed E-state index contributed by atoms with van der Waals surface area (Å²) in [6.07, 6.45) is 1.57. The maximum absolute atomic E-state index is 13.5. The summed E-state index contributed by atoms with van der Waals surface area (Å²) >= 11 is 0. The SMILES string of the molecule is Cc1cc(F)c2c(c1)c(=O)ccn2C. The average molecular weight is 191 g/mol. The van der Waals surface area contributed by atoms with Crippen LogP contribution in [0.15, 0.2) is 29.2 Å². The molecule has 0 spiro atoms. The van der Waals surface area contributed by atoms with Crippen molar-refractivity contribution in [2.75, 3.05) is 0 Å². The van der Waals surface area contributed by atoms with Gasteiger partial charge in [0.1, 0.15) is 5.82 Å². The number of aryl methyl sites for hydroxylation is 2. The molecule has 72 valence electrons. The molecule has 1 aromatic heterocycles. The molecule has 0 saturated carbocycles. The van der Waals surface area contributed by atoms with Gasteiger partial charge >= 0.3 is 0 Å². The van der Waals surface area contributed by atoms with Crippen molar-refractivity contribution in [1.82, 2.24) is 4.57 Å². The maximum atomic E-state index is 13.5. The van der Waals surface area contributed by atoms with Crippen LogP contribution in [0.25, 0.3) is 10.9 Å². The summed E-state index contributed by atoms with van der Waals surface area (Å²) in [5.74, 6) is -0.347. The third-order valence-electron chi connectivity index (χ3n) is 2.28. The fourth-order valence-corrected chi connectivity index (χ4v) is 1.62. The number of rotatable bonds is 0. The van der Waals surface area contributed by atoms with Gasteiger partial charge in [0.2, 0.25) is 0 Å². The molecule has 0 fully saturated rings. The van der Waals surface area contributed by atoms with Gasteiger partial charge in [-0.05, 0) is 24.6 Å². The van der Waals surface area contributed by atoms with Gasteiger partial charge < -0.3 is 4.57 Å². The molecular formula is C11H10FNO. The molecule has 3 heteroatoms. The molecule has 0 bridgehead atoms. The first-order valence-electron chi connectivity index (χ1n) is 4.35. The van der Waals surface area contributed by atoms with Crippen molar-refractivity contribution in [2.24, 2.45) is 7.05 Å². The van der Waals surface area contributed by atoms with E-state index in [1.807, 2.05) is 0 Å². The molecule has 0 atom stereocenters. The minimum atomic E-state index is -0.347. The van der Waals surface area contributed by atoms with Crippen molar-refractivity contribution in [2.45, 2.75) is 6.92 Å². The van der Waals surface area contributed by atoms with E-state index in [0.717, 1.165) is 5.56 Å². The first-order chi connectivity index (χ1) is 6.59. The Balaban J connectivity index is 3.08. The van der Waals surface area contributed by atoms with Crippen molar-refractivity contribution in [3.63, 3.8) is 0 Å². The lowest BCUT2D eigenvalue weighted by atomic mass is 10.1. The number of benzene rings is 1. The van der Waals surface area contributed by atoms with E-state index in [-0.39, 0.29) is 11.2 Å². The van der Waals surface area contributed by atoms with Crippen molar-refractivity contribution in [1.29, 1.82) is 0 Å². The highest BCUT2D eigenvalue weighted by Crippen LogP contribution is 2.15. The van der Waals surface area contributed by atoms with E-state index in [1.54, 1.807) is 30.8 Å². The normalized spacial score (nSPS) is 10.8. The lowest BCUT2D eigenvalue weighted by Gasteiger charge is -2.06. The van der Waals surface area contributed by atoms with Gasteiger partial charge in [0.25, 0.3) is 0 Å². The Hall–Kier alpha value is -1.64. The van der Waals surface area contributed by atoms with Crippen LogP contribution in [-0.2, 0) is 7.05 Å². The molecule has 1 aromatic carbocycles. The highest BCUT2D eigenvalue weighted by Gasteiger charge is 2.06. The predicted octanol–water partition coefficient (Wildman–Crippen LogP) is 1.99. The summed E-state index contributed by atoms with van der Waals surface area (Å²) in [4.78, 5) is 11.5. The van der Waals surface area contributed by atoms with E-state index in [0.29, 0.717) is 10.9 Å². The zero-order chi connectivity index (χ0) is 10.3. The molecule has 0 aliphatic heterocycles. The molecule has 2 nitrogen and oxygen atoms in total. The number of fused-ring (bicyclic) bond motifs is 1. The third-order valence-corrected chi connectivity index (χ3v) is 2.28. The van der Waals surface area contributed by atoms with Crippen molar-refractivity contribution < 1.29 is 4.39 Å². The van der Waals surface area contributed by atoms with Crippen LogP contribution < -0.4 is 5.43 Å². The minimum Gasteiger partial charge on any atom is -0.348 e. The van der Waals surface area contributed by atoms with Gasteiger partial charge in [-0.15, -0.1) is 0 Å². The fourth-order valence-electron chi connectivity index (χ4n) is 1.62. The van der Waals surface area contributed by atoms with Crippen LogP contribution in [0.2, 0.25) is 0 Å². The molecule has 0 N–H and O–H groups in total. The topological polar surface area (TPSA) is 22.0 Å². The standard InChI is InChI=1S/C11H10FNO/c1-7-5-8-10(14)3-4-13(2)11(8)9(12)6-7/h3-6H,1-2H3. The molecule has 0 unspecified atom stereocenters. The molecule has 0 aliphatic rings. The zero-order valence-electron chi connectivity index (χ0n) is 8.04. The third kappa shape index (κ3) is 1.21. The first kappa shape index (κ1) is 8.94. The van der Waals surface area contributed by atoms with Gasteiger partial charge in [-0.3, -0.25) is 4.79 Å². The Bertz CT molecular complexity index is 557. The van der Waals surface area contributed by atoms with Crippen molar-refractivity contribution in [3.8, 4) is 0 Å². The molecule has 1 heterocycles. The highest BCUT2D eigenvalue weighted by molar-refractivity contribution is 5.80. The summed E-state index contributed by atoms with van der Waals surface area (Å²) in [7, 11) is 1.72. The van der Waals surface area contributed by atoms with Crippen LogP contribution in [0, 0.1) is 12.7 Å². The van der Waals surface area contributed by atoms with Gasteiger partial charge in [-0.25, -0.2) is 4.39 Å². The molecule has 14 heavy (non-hydrogen) atoms. The number of halogens is 1. The summed E-state index contributed by atoms with van der Waals surface area (Å²) in [5, 5.41) is 0.438. The lowest BCUT2D eigenvalue weighted by Crippen LogP contribution is -2.06. The molecule has 2 rings (SSSR count). The lowest BCUT2D eigenvalue weighted by molar-refractivity contribution is 0.629. The highest BCUT2D eigenvalue weighted by atomic mass is 19.1. The molecule has 2 aromatic rings. The largest absolute Gasteiger partial charge is 0.348 e. The Morgan fingerprint density at radius 3 is 2.79 bits per heavy atom. The van der Waals surface area contributed by atoms with E-state index in [9.17, 15) is 9.18 Å². The average Bonchev–Trinajstić information content (AvgIpc) is 2.10. The minimum absolute atomic E-state index is 0.138. The van der Waals surface area contributed by atoms with Crippen LogP contribution in [0.5, 0.6) is 0 Å². The predicted molar refractivity (Wildman–Crippen MR) is 53.9 cm³/mol. The number of nitrogens with zero attached hydrogens (tertiary/aromatic N) is 1. The number of hydrogen-bond donors (Lipinski definition) is 0. The smallest absolute Gasteiger partial charge is 0.189 e. The summed E-state index contributed by atoms with van der Waals surface area (Å²) in [6, 6.07) is 4.59. The van der Waals surface area contributed by atoms with Crippen LogP contribution >= 0.6 is 0 Å². The Morgan fingerprint density at radius 2 is 2.07 bits per heavy atom. The second-order valence-electron chi connectivity index (χ2n) is 3.43. The maximum Gasteiger partial charge on any atom is 0.189 e. The van der Waals surface area contributed by atoms with Crippen LogP contribution in [0.4, 0.5) is 4.39 Å². The van der Waals surface area contributed by atoms with Crippen LogP contribution in [-0.4, -0.2) is 4.57 Å². The van der Waals surface area contributed by atoms with Gasteiger partial charge in [-0.2, -0.15) is 0 Å². The second-order valence-corrected chi connectivity index (χ2v) is 3.43. The molecule has 0 saturated heterocycles. The monoisotopic (exact) mass is 191 g/mol.